The highest BCUT2D eigenvalue weighted by Gasteiger charge is 2.30. The van der Waals surface area contributed by atoms with Crippen LogP contribution in [-0.4, -0.2) is 30.2 Å². The molecule has 0 amide bonds. The largest absolute Gasteiger partial charge is 0.431 e. The van der Waals surface area contributed by atoms with Crippen molar-refractivity contribution in [3.63, 3.8) is 0 Å². The van der Waals surface area contributed by atoms with Crippen molar-refractivity contribution in [1.82, 2.24) is 4.98 Å². The summed E-state index contributed by atoms with van der Waals surface area (Å²) < 4.78 is 29.4. The minimum atomic E-state index is -2.91. The molecule has 6 heteroatoms. The van der Waals surface area contributed by atoms with Crippen LogP contribution in [0.4, 0.5) is 0 Å². The Labute approximate surface area is 151 Å². The van der Waals surface area contributed by atoms with Crippen LogP contribution in [0.2, 0.25) is 0 Å². The molecule has 1 aliphatic heterocycles. The van der Waals surface area contributed by atoms with Crippen LogP contribution in [0.5, 0.6) is 0 Å². The minimum Gasteiger partial charge on any atom is -0.431 e. The van der Waals surface area contributed by atoms with Gasteiger partial charge in [-0.3, -0.25) is 0 Å². The smallest absolute Gasteiger partial charge is 0.257 e. The van der Waals surface area contributed by atoms with E-state index in [0.717, 1.165) is 22.6 Å². The van der Waals surface area contributed by atoms with Gasteiger partial charge in [0.05, 0.1) is 11.5 Å². The van der Waals surface area contributed by atoms with Gasteiger partial charge in [-0.15, -0.1) is 0 Å². The van der Waals surface area contributed by atoms with Gasteiger partial charge in [-0.2, -0.15) is 0 Å². The number of benzene rings is 2. The highest BCUT2D eigenvalue weighted by atomic mass is 32.2. The molecule has 1 atom stereocenters. The Morgan fingerprint density at radius 1 is 0.960 bits per heavy atom. The number of rotatable bonds is 4. The molecule has 1 fully saturated rings. The van der Waals surface area contributed by atoms with Crippen LogP contribution in [0.3, 0.4) is 0 Å². The number of aromatic nitrogens is 1. The van der Waals surface area contributed by atoms with E-state index in [-0.39, 0.29) is 16.8 Å². The lowest BCUT2D eigenvalue weighted by Gasteiger charge is -2.02. The van der Waals surface area contributed by atoms with Gasteiger partial charge < -0.3 is 4.42 Å². The Bertz CT molecular complexity index is 909. The Morgan fingerprint density at radius 2 is 1.60 bits per heavy atom. The molecule has 25 heavy (non-hydrogen) atoms. The highest BCUT2D eigenvalue weighted by molar-refractivity contribution is 8.01. The number of hydrogen-bond donors (Lipinski definition) is 0. The zero-order valence-electron chi connectivity index (χ0n) is 13.5. The van der Waals surface area contributed by atoms with E-state index in [4.69, 9.17) is 4.42 Å². The minimum absolute atomic E-state index is 0.0101. The molecule has 4 rings (SSSR count). The highest BCUT2D eigenvalue weighted by Crippen LogP contribution is 2.38. The van der Waals surface area contributed by atoms with Crippen LogP contribution in [0.25, 0.3) is 22.6 Å². The molecule has 2 heterocycles. The van der Waals surface area contributed by atoms with Gasteiger partial charge in [0.15, 0.2) is 15.6 Å². The predicted octanol–water partition coefficient (Wildman–Crippen LogP) is 4.29. The summed E-state index contributed by atoms with van der Waals surface area (Å²) in [6.07, 6.45) is 0.650. The molecule has 1 unspecified atom stereocenters. The molecule has 1 aromatic heterocycles. The maximum atomic E-state index is 11.7. The molecule has 1 aliphatic rings. The van der Waals surface area contributed by atoms with Crippen molar-refractivity contribution in [2.45, 2.75) is 16.9 Å². The summed E-state index contributed by atoms with van der Waals surface area (Å²) in [6.45, 7) is 0. The van der Waals surface area contributed by atoms with E-state index in [0.29, 0.717) is 11.6 Å². The Hall–Kier alpha value is -2.05. The lowest BCUT2D eigenvalue weighted by Crippen LogP contribution is -2.05. The molecule has 1 saturated heterocycles. The average molecular weight is 371 g/mol. The summed E-state index contributed by atoms with van der Waals surface area (Å²) in [5, 5.41) is 0.538. The molecule has 0 spiro atoms. The molecule has 0 saturated carbocycles. The second kappa shape index (κ2) is 6.69. The number of nitrogens with zero attached hydrogens (tertiary/aromatic N) is 1. The van der Waals surface area contributed by atoms with Crippen LogP contribution >= 0.6 is 11.8 Å². The third-order valence-electron chi connectivity index (χ3n) is 4.15. The molecule has 0 bridgehead atoms. The molecule has 128 valence electrons. The first-order chi connectivity index (χ1) is 12.1. The second-order valence-corrected chi connectivity index (χ2v) is 9.51. The molecule has 2 aromatic carbocycles. The first-order valence-corrected chi connectivity index (χ1v) is 10.8. The van der Waals surface area contributed by atoms with Crippen molar-refractivity contribution in [3.05, 3.63) is 60.7 Å². The van der Waals surface area contributed by atoms with Crippen molar-refractivity contribution in [2.75, 3.05) is 11.5 Å². The van der Waals surface area contributed by atoms with Crippen molar-refractivity contribution < 1.29 is 12.8 Å². The summed E-state index contributed by atoms with van der Waals surface area (Å²) in [4.78, 5) is 4.67. The number of hydrogen-bond acceptors (Lipinski definition) is 5. The number of sulfone groups is 1. The van der Waals surface area contributed by atoms with Gasteiger partial charge in [-0.1, -0.05) is 72.4 Å². The van der Waals surface area contributed by atoms with Gasteiger partial charge in [0.1, 0.15) is 5.69 Å². The second-order valence-electron chi connectivity index (χ2n) is 6.03. The fourth-order valence-electron chi connectivity index (χ4n) is 2.92. The first-order valence-electron chi connectivity index (χ1n) is 8.09. The summed E-state index contributed by atoms with van der Waals surface area (Å²) >= 11 is 1.42. The monoisotopic (exact) mass is 371 g/mol. The fraction of sp³-hybridized carbons (Fsp3) is 0.211. The van der Waals surface area contributed by atoms with Crippen LogP contribution in [0, 0.1) is 0 Å². The van der Waals surface area contributed by atoms with E-state index in [2.05, 4.69) is 4.98 Å². The molecule has 0 aliphatic carbocycles. The number of oxazole rings is 1. The molecule has 4 nitrogen and oxygen atoms in total. The standard InChI is InChI=1S/C19H17NO3S2/c21-25(22)12-11-16(13-25)24-19-20-17(14-7-3-1-4-8-14)18(23-19)15-9-5-2-6-10-15/h1-10,16H,11-13H2. The van der Waals surface area contributed by atoms with Gasteiger partial charge in [-0.05, 0) is 6.42 Å². The van der Waals surface area contributed by atoms with E-state index < -0.39 is 9.84 Å². The first kappa shape index (κ1) is 16.4. The van der Waals surface area contributed by atoms with Gasteiger partial charge in [0.25, 0.3) is 5.22 Å². The Morgan fingerprint density at radius 3 is 2.20 bits per heavy atom. The lowest BCUT2D eigenvalue weighted by atomic mass is 10.1. The topological polar surface area (TPSA) is 60.2 Å². The summed E-state index contributed by atoms with van der Waals surface area (Å²) in [5.74, 6) is 1.17. The molecule has 3 aromatic rings. The maximum absolute atomic E-state index is 11.7. The molecular formula is C19H17NO3S2. The summed E-state index contributed by atoms with van der Waals surface area (Å²) in [5.41, 5.74) is 2.73. The molecular weight excluding hydrogens is 354 g/mol. The maximum Gasteiger partial charge on any atom is 0.257 e. The SMILES string of the molecule is O=S1(=O)CCC(Sc2nc(-c3ccccc3)c(-c3ccccc3)o2)C1. The molecule has 0 N–H and O–H groups in total. The summed E-state index contributed by atoms with van der Waals surface area (Å²) in [7, 11) is -2.91. The van der Waals surface area contributed by atoms with Gasteiger partial charge >= 0.3 is 0 Å². The number of thioether (sulfide) groups is 1. The van der Waals surface area contributed by atoms with Crippen LogP contribution in [0.1, 0.15) is 6.42 Å². The third kappa shape index (κ3) is 3.65. The quantitative estimate of drug-likeness (QED) is 0.685. The third-order valence-corrected chi connectivity index (χ3v) is 7.24. The van der Waals surface area contributed by atoms with Crippen LogP contribution < -0.4 is 0 Å². The normalized spacial score (nSPS) is 19.1. The average Bonchev–Trinajstić information content (AvgIpc) is 3.20. The molecule has 0 radical (unpaired) electrons. The van der Waals surface area contributed by atoms with Crippen molar-refractivity contribution >= 4 is 21.6 Å². The van der Waals surface area contributed by atoms with E-state index in [1.54, 1.807) is 0 Å². The van der Waals surface area contributed by atoms with E-state index >= 15 is 0 Å². The van der Waals surface area contributed by atoms with Gasteiger partial charge in [0, 0.05) is 16.4 Å². The van der Waals surface area contributed by atoms with E-state index in [1.165, 1.54) is 11.8 Å². The zero-order valence-corrected chi connectivity index (χ0v) is 15.1. The zero-order chi connectivity index (χ0) is 17.3. The van der Waals surface area contributed by atoms with Crippen LogP contribution in [0.15, 0.2) is 70.3 Å². The van der Waals surface area contributed by atoms with E-state index in [9.17, 15) is 8.42 Å². The summed E-state index contributed by atoms with van der Waals surface area (Å²) in [6, 6.07) is 19.8. The van der Waals surface area contributed by atoms with E-state index in [1.807, 2.05) is 60.7 Å². The van der Waals surface area contributed by atoms with Crippen molar-refractivity contribution in [3.8, 4) is 22.6 Å². The lowest BCUT2D eigenvalue weighted by molar-refractivity contribution is 0.465. The van der Waals surface area contributed by atoms with Gasteiger partial charge in [0.2, 0.25) is 0 Å². The fourth-order valence-corrected chi connectivity index (χ4v) is 6.31. The van der Waals surface area contributed by atoms with Crippen LogP contribution in [-0.2, 0) is 9.84 Å². The van der Waals surface area contributed by atoms with Gasteiger partial charge in [-0.25, -0.2) is 13.4 Å². The predicted molar refractivity (Wildman–Crippen MR) is 100 cm³/mol. The van der Waals surface area contributed by atoms with Crippen molar-refractivity contribution in [2.24, 2.45) is 0 Å². The van der Waals surface area contributed by atoms with Crippen molar-refractivity contribution in [1.29, 1.82) is 0 Å². The Kier molecular flexibility index (Phi) is 4.39. The Balaban J connectivity index is 1.71.